The van der Waals surface area contributed by atoms with E-state index in [-0.39, 0.29) is 5.92 Å². The van der Waals surface area contributed by atoms with Gasteiger partial charge in [0.2, 0.25) is 0 Å². The normalized spacial score (nSPS) is 15.3. The van der Waals surface area contributed by atoms with Crippen molar-refractivity contribution in [3.05, 3.63) is 83.7 Å². The zero-order chi connectivity index (χ0) is 19.2. The Morgan fingerprint density at radius 2 is 1.75 bits per heavy atom. The first kappa shape index (κ1) is 18.5. The first-order valence-electron chi connectivity index (χ1n) is 9.99. The standard InChI is InChI=1S/C24H26N2O2/c1-27-23-14-13-19(16-24(23)28-21-11-5-6-12-21)22(18-8-3-2-4-9-18)17-20-10-7-15-25-26-20/h2-4,7-10,13-16,21-22H,5-6,11-12,17H2,1H3. The van der Waals surface area contributed by atoms with Gasteiger partial charge in [-0.1, -0.05) is 36.4 Å². The lowest BCUT2D eigenvalue weighted by Gasteiger charge is -2.21. The maximum atomic E-state index is 6.32. The van der Waals surface area contributed by atoms with E-state index in [2.05, 4.69) is 46.6 Å². The number of benzene rings is 2. The second-order valence-electron chi connectivity index (χ2n) is 7.32. The van der Waals surface area contributed by atoms with Crippen molar-refractivity contribution in [3.63, 3.8) is 0 Å². The van der Waals surface area contributed by atoms with Gasteiger partial charge in [-0.3, -0.25) is 0 Å². The Labute approximate surface area is 166 Å². The monoisotopic (exact) mass is 374 g/mol. The Morgan fingerprint density at radius 1 is 0.929 bits per heavy atom. The van der Waals surface area contributed by atoms with Gasteiger partial charge in [-0.05, 0) is 61.1 Å². The zero-order valence-corrected chi connectivity index (χ0v) is 16.3. The highest BCUT2D eigenvalue weighted by Gasteiger charge is 2.21. The van der Waals surface area contributed by atoms with Gasteiger partial charge < -0.3 is 9.47 Å². The molecule has 1 aromatic heterocycles. The van der Waals surface area contributed by atoms with Crippen LogP contribution in [0.5, 0.6) is 11.5 Å². The van der Waals surface area contributed by atoms with Crippen LogP contribution < -0.4 is 9.47 Å². The van der Waals surface area contributed by atoms with E-state index in [4.69, 9.17) is 9.47 Å². The lowest BCUT2D eigenvalue weighted by atomic mass is 9.87. The van der Waals surface area contributed by atoms with E-state index in [9.17, 15) is 0 Å². The minimum absolute atomic E-state index is 0.176. The summed E-state index contributed by atoms with van der Waals surface area (Å²) in [5, 5.41) is 8.35. The molecule has 0 N–H and O–H groups in total. The number of hydrogen-bond donors (Lipinski definition) is 0. The van der Waals surface area contributed by atoms with Gasteiger partial charge in [-0.15, -0.1) is 0 Å². The Kier molecular flexibility index (Phi) is 5.86. The molecule has 28 heavy (non-hydrogen) atoms. The molecule has 3 aromatic rings. The van der Waals surface area contributed by atoms with E-state index in [1.54, 1.807) is 13.3 Å². The maximum absolute atomic E-state index is 6.32. The second kappa shape index (κ2) is 8.87. The molecule has 1 aliphatic rings. The highest BCUT2D eigenvalue weighted by atomic mass is 16.5. The van der Waals surface area contributed by atoms with Crippen LogP contribution in [0.4, 0.5) is 0 Å². The van der Waals surface area contributed by atoms with Gasteiger partial charge in [0.15, 0.2) is 11.5 Å². The van der Waals surface area contributed by atoms with Crippen molar-refractivity contribution in [3.8, 4) is 11.5 Å². The molecule has 1 atom stereocenters. The molecule has 4 rings (SSSR count). The third-order valence-corrected chi connectivity index (χ3v) is 5.43. The van der Waals surface area contributed by atoms with Crippen LogP contribution in [0.2, 0.25) is 0 Å². The SMILES string of the molecule is COc1ccc(C(Cc2cccnn2)c2ccccc2)cc1OC1CCCC1. The fourth-order valence-corrected chi connectivity index (χ4v) is 3.95. The van der Waals surface area contributed by atoms with E-state index >= 15 is 0 Å². The first-order chi connectivity index (χ1) is 13.8. The molecule has 0 spiro atoms. The van der Waals surface area contributed by atoms with Crippen LogP contribution in [0.3, 0.4) is 0 Å². The van der Waals surface area contributed by atoms with E-state index in [0.717, 1.165) is 36.5 Å². The summed E-state index contributed by atoms with van der Waals surface area (Å²) >= 11 is 0. The largest absolute Gasteiger partial charge is 0.493 e. The molecular weight excluding hydrogens is 348 g/mol. The predicted octanol–water partition coefficient (Wildman–Crippen LogP) is 5.18. The zero-order valence-electron chi connectivity index (χ0n) is 16.3. The van der Waals surface area contributed by atoms with E-state index < -0.39 is 0 Å². The number of methoxy groups -OCH3 is 1. The van der Waals surface area contributed by atoms with Gasteiger partial charge in [0.25, 0.3) is 0 Å². The smallest absolute Gasteiger partial charge is 0.161 e. The first-order valence-corrected chi connectivity index (χ1v) is 9.99. The lowest BCUT2D eigenvalue weighted by Crippen LogP contribution is -2.13. The van der Waals surface area contributed by atoms with Gasteiger partial charge in [0.1, 0.15) is 0 Å². The van der Waals surface area contributed by atoms with Crippen molar-refractivity contribution in [1.82, 2.24) is 10.2 Å². The quantitative estimate of drug-likeness (QED) is 0.571. The molecule has 4 heteroatoms. The third kappa shape index (κ3) is 4.33. The molecule has 1 saturated carbocycles. The van der Waals surface area contributed by atoms with Crippen LogP contribution in [0.15, 0.2) is 66.9 Å². The molecular formula is C24H26N2O2. The van der Waals surface area contributed by atoms with Gasteiger partial charge in [-0.25, -0.2) is 0 Å². The summed E-state index contributed by atoms with van der Waals surface area (Å²) in [5.74, 6) is 1.81. The summed E-state index contributed by atoms with van der Waals surface area (Å²) < 4.78 is 11.9. The van der Waals surface area contributed by atoms with Crippen molar-refractivity contribution in [2.45, 2.75) is 44.1 Å². The minimum Gasteiger partial charge on any atom is -0.493 e. The molecule has 0 bridgehead atoms. The maximum Gasteiger partial charge on any atom is 0.161 e. The second-order valence-corrected chi connectivity index (χ2v) is 7.32. The Hall–Kier alpha value is -2.88. The summed E-state index contributed by atoms with van der Waals surface area (Å²) in [4.78, 5) is 0. The number of hydrogen-bond acceptors (Lipinski definition) is 4. The average molecular weight is 374 g/mol. The van der Waals surface area contributed by atoms with Gasteiger partial charge in [0, 0.05) is 18.5 Å². The molecule has 1 fully saturated rings. The number of ether oxygens (including phenoxy) is 2. The predicted molar refractivity (Wildman–Crippen MR) is 110 cm³/mol. The van der Waals surface area contributed by atoms with Crippen LogP contribution in [0.1, 0.15) is 48.4 Å². The van der Waals surface area contributed by atoms with Crippen LogP contribution in [0.25, 0.3) is 0 Å². The van der Waals surface area contributed by atoms with Gasteiger partial charge >= 0.3 is 0 Å². The van der Waals surface area contributed by atoms with Crippen LogP contribution in [-0.4, -0.2) is 23.4 Å². The summed E-state index contributed by atoms with van der Waals surface area (Å²) in [7, 11) is 1.70. The van der Waals surface area contributed by atoms with Crippen molar-refractivity contribution < 1.29 is 9.47 Å². The van der Waals surface area contributed by atoms with Crippen molar-refractivity contribution in [2.75, 3.05) is 7.11 Å². The van der Waals surface area contributed by atoms with Crippen molar-refractivity contribution in [1.29, 1.82) is 0 Å². The number of aromatic nitrogens is 2. The number of rotatable bonds is 7. The fourth-order valence-electron chi connectivity index (χ4n) is 3.95. The van der Waals surface area contributed by atoms with Gasteiger partial charge in [-0.2, -0.15) is 10.2 Å². The van der Waals surface area contributed by atoms with Crippen LogP contribution in [-0.2, 0) is 6.42 Å². The summed E-state index contributed by atoms with van der Waals surface area (Å²) in [6.45, 7) is 0. The Bertz CT molecular complexity index is 878. The van der Waals surface area contributed by atoms with Crippen LogP contribution >= 0.6 is 0 Å². The van der Waals surface area contributed by atoms with Crippen molar-refractivity contribution in [2.24, 2.45) is 0 Å². The highest BCUT2D eigenvalue weighted by Crippen LogP contribution is 2.37. The molecule has 4 nitrogen and oxygen atoms in total. The lowest BCUT2D eigenvalue weighted by molar-refractivity contribution is 0.200. The molecule has 2 aromatic carbocycles. The Morgan fingerprint density at radius 3 is 2.46 bits per heavy atom. The topological polar surface area (TPSA) is 44.2 Å². The minimum atomic E-state index is 0.176. The van der Waals surface area contributed by atoms with Crippen molar-refractivity contribution >= 4 is 0 Å². The van der Waals surface area contributed by atoms with Crippen LogP contribution in [0, 0.1) is 0 Å². The highest BCUT2D eigenvalue weighted by molar-refractivity contribution is 5.46. The molecule has 0 saturated heterocycles. The molecule has 1 unspecified atom stereocenters. The molecule has 1 heterocycles. The molecule has 0 radical (unpaired) electrons. The summed E-state index contributed by atoms with van der Waals surface area (Å²) in [6.07, 6.45) is 7.51. The van der Waals surface area contributed by atoms with Gasteiger partial charge in [0.05, 0.1) is 18.9 Å². The van der Waals surface area contributed by atoms with E-state index in [1.165, 1.54) is 24.0 Å². The summed E-state index contributed by atoms with van der Waals surface area (Å²) in [6, 6.07) is 20.8. The molecule has 144 valence electrons. The van der Waals surface area contributed by atoms with E-state index in [0.29, 0.717) is 6.10 Å². The van der Waals surface area contributed by atoms with E-state index in [1.807, 2.05) is 24.3 Å². The molecule has 1 aliphatic carbocycles. The number of nitrogens with zero attached hydrogens (tertiary/aromatic N) is 2. The summed E-state index contributed by atoms with van der Waals surface area (Å²) in [5.41, 5.74) is 3.43. The fraction of sp³-hybridized carbons (Fsp3) is 0.333. The average Bonchev–Trinajstić information content (AvgIpc) is 3.26. The Balaban J connectivity index is 1.68. The molecule has 0 aliphatic heterocycles. The third-order valence-electron chi connectivity index (χ3n) is 5.43. The molecule has 0 amide bonds.